The average molecular weight is 681 g/mol. The van der Waals surface area contributed by atoms with Crippen molar-refractivity contribution in [2.75, 3.05) is 11.9 Å². The van der Waals surface area contributed by atoms with Gasteiger partial charge in [-0.05, 0) is 79.0 Å². The number of nitrogens with one attached hydrogen (secondary N) is 1. The zero-order chi connectivity index (χ0) is 32.5. The minimum Gasteiger partial charge on any atom is -0.462 e. The molecule has 0 spiro atoms. The van der Waals surface area contributed by atoms with Gasteiger partial charge in [0.05, 0.1) is 27.4 Å². The van der Waals surface area contributed by atoms with Gasteiger partial charge in [0, 0.05) is 9.90 Å². The third kappa shape index (κ3) is 6.80. The van der Waals surface area contributed by atoms with E-state index in [-0.39, 0.29) is 33.0 Å². The van der Waals surface area contributed by atoms with Gasteiger partial charge in [0.1, 0.15) is 15.7 Å². The summed E-state index contributed by atoms with van der Waals surface area (Å²) in [5.74, 6) is -1.26. The van der Waals surface area contributed by atoms with Gasteiger partial charge in [-0.15, -0.1) is 22.7 Å². The molecule has 0 atom stereocenters. The number of hydrogen-bond donors (Lipinski definition) is 1. The molecule has 1 aliphatic rings. The first-order chi connectivity index (χ1) is 21.4. The number of hydrogen-bond acceptors (Lipinski definition) is 7. The van der Waals surface area contributed by atoms with E-state index < -0.39 is 17.4 Å². The van der Waals surface area contributed by atoms with Gasteiger partial charge in [-0.1, -0.05) is 68.2 Å². The van der Waals surface area contributed by atoms with Crippen molar-refractivity contribution in [2.24, 2.45) is 0 Å². The SMILES string of the molecule is CCOC(=O)c1c(NC(=O)/C(C#N)=c2/s/c(=C\c3ccc(C(C)(C)C)cc3)c(=O)n2-c2ccc(Cl)cc2Cl)sc2c1CCCC2. The molecule has 4 aromatic rings. The van der Waals surface area contributed by atoms with Crippen LogP contribution in [-0.2, 0) is 27.8 Å². The molecular formula is C34H31Cl2N3O4S2. The molecule has 11 heteroatoms. The van der Waals surface area contributed by atoms with Gasteiger partial charge >= 0.3 is 5.97 Å². The maximum atomic E-state index is 13.9. The third-order valence-electron chi connectivity index (χ3n) is 7.48. The molecule has 232 valence electrons. The summed E-state index contributed by atoms with van der Waals surface area (Å²) < 4.78 is 6.99. The van der Waals surface area contributed by atoms with Gasteiger partial charge in [-0.3, -0.25) is 14.2 Å². The molecule has 0 saturated carbocycles. The molecule has 0 aliphatic heterocycles. The molecule has 7 nitrogen and oxygen atoms in total. The number of thiazole rings is 1. The van der Waals surface area contributed by atoms with Crippen LogP contribution >= 0.6 is 45.9 Å². The van der Waals surface area contributed by atoms with Gasteiger partial charge in [-0.2, -0.15) is 5.26 Å². The van der Waals surface area contributed by atoms with Crippen LogP contribution in [0.15, 0.2) is 47.3 Å². The van der Waals surface area contributed by atoms with E-state index in [0.717, 1.165) is 52.2 Å². The van der Waals surface area contributed by atoms with E-state index in [2.05, 4.69) is 26.1 Å². The minimum absolute atomic E-state index is 0.0360. The number of aromatic nitrogens is 1. The number of nitrogens with zero attached hydrogens (tertiary/aromatic N) is 2. The molecule has 0 saturated heterocycles. The second-order valence-corrected chi connectivity index (χ2v) is 14.6. The van der Waals surface area contributed by atoms with Crippen molar-refractivity contribution >= 4 is 74.4 Å². The van der Waals surface area contributed by atoms with Crippen molar-refractivity contribution in [1.29, 1.82) is 5.26 Å². The van der Waals surface area contributed by atoms with Crippen molar-refractivity contribution in [2.45, 2.75) is 58.8 Å². The average Bonchev–Trinajstić information content (AvgIpc) is 3.50. The molecule has 5 rings (SSSR count). The third-order valence-corrected chi connectivity index (χ3v) is 10.3. The number of ether oxygens (including phenoxy) is 1. The summed E-state index contributed by atoms with van der Waals surface area (Å²) >= 11 is 15.0. The summed E-state index contributed by atoms with van der Waals surface area (Å²) in [5, 5.41) is 14.0. The molecule has 2 aromatic carbocycles. The van der Waals surface area contributed by atoms with Crippen LogP contribution in [0, 0.1) is 11.3 Å². The molecule has 0 unspecified atom stereocenters. The lowest BCUT2D eigenvalue weighted by Crippen LogP contribution is -2.32. The Labute approximate surface area is 279 Å². The maximum Gasteiger partial charge on any atom is 0.341 e. The van der Waals surface area contributed by atoms with E-state index in [0.29, 0.717) is 26.5 Å². The lowest BCUT2D eigenvalue weighted by molar-refractivity contribution is -0.111. The van der Waals surface area contributed by atoms with E-state index in [9.17, 15) is 19.6 Å². The number of fused-ring (bicyclic) bond motifs is 1. The Morgan fingerprint density at radius 3 is 2.44 bits per heavy atom. The first kappa shape index (κ1) is 32.7. The second-order valence-electron chi connectivity index (χ2n) is 11.6. The van der Waals surface area contributed by atoms with Crippen LogP contribution in [-0.4, -0.2) is 23.1 Å². The summed E-state index contributed by atoms with van der Waals surface area (Å²) in [5.41, 5.74) is 2.64. The van der Waals surface area contributed by atoms with E-state index in [4.69, 9.17) is 27.9 Å². The number of thiophene rings is 1. The Balaban J connectivity index is 1.69. The van der Waals surface area contributed by atoms with Crippen LogP contribution in [0.4, 0.5) is 5.00 Å². The van der Waals surface area contributed by atoms with Gasteiger partial charge in [0.25, 0.3) is 11.5 Å². The van der Waals surface area contributed by atoms with Gasteiger partial charge in [-0.25, -0.2) is 4.79 Å². The zero-order valence-corrected chi connectivity index (χ0v) is 28.4. The molecule has 45 heavy (non-hydrogen) atoms. The summed E-state index contributed by atoms with van der Waals surface area (Å²) in [7, 11) is 0. The monoisotopic (exact) mass is 679 g/mol. The number of nitriles is 1. The van der Waals surface area contributed by atoms with Crippen LogP contribution in [0.25, 0.3) is 17.3 Å². The predicted molar refractivity (Wildman–Crippen MR) is 182 cm³/mol. The number of esters is 1. The Bertz CT molecular complexity index is 2030. The Morgan fingerprint density at radius 1 is 1.09 bits per heavy atom. The standard InChI is InChI=1S/C34H31Cl2N3O4S2/c1-5-43-33(42)28-22-8-6-7-9-26(22)44-30(28)38-29(40)23(18-37)32-39(25-15-14-21(35)17-24(25)36)31(41)27(45-32)16-19-10-12-20(13-11-19)34(2,3)4/h10-17H,5-9H2,1-4H3,(H,38,40)/b27-16-,32-23+. The van der Waals surface area contributed by atoms with Crippen LogP contribution in [0.2, 0.25) is 10.0 Å². The Morgan fingerprint density at radius 2 is 1.80 bits per heavy atom. The quantitative estimate of drug-likeness (QED) is 0.227. The first-order valence-corrected chi connectivity index (χ1v) is 16.9. The number of amides is 1. The predicted octanol–water partition coefficient (Wildman–Crippen LogP) is 6.76. The Hall–Kier alpha value is -3.68. The number of carbonyl (C=O) groups is 2. The molecule has 0 radical (unpaired) electrons. The number of benzene rings is 2. The van der Waals surface area contributed by atoms with Crippen molar-refractivity contribution in [3.05, 3.63) is 99.2 Å². The molecule has 0 fully saturated rings. The lowest BCUT2D eigenvalue weighted by atomic mass is 9.87. The first-order valence-electron chi connectivity index (χ1n) is 14.5. The molecule has 1 aliphatic carbocycles. The summed E-state index contributed by atoms with van der Waals surface area (Å²) in [4.78, 5) is 41.8. The van der Waals surface area contributed by atoms with Crippen LogP contribution in [0.1, 0.15) is 72.5 Å². The maximum absolute atomic E-state index is 13.9. The van der Waals surface area contributed by atoms with Crippen LogP contribution in [0.5, 0.6) is 0 Å². The Kier molecular flexibility index (Phi) is 9.71. The molecule has 0 bridgehead atoms. The molecule has 2 aromatic heterocycles. The van der Waals surface area contributed by atoms with Gasteiger partial charge in [0.15, 0.2) is 5.57 Å². The topological polar surface area (TPSA) is 101 Å². The highest BCUT2D eigenvalue weighted by molar-refractivity contribution is 7.17. The van der Waals surface area contributed by atoms with E-state index in [1.54, 1.807) is 25.1 Å². The van der Waals surface area contributed by atoms with E-state index >= 15 is 0 Å². The van der Waals surface area contributed by atoms with E-state index in [1.807, 2.05) is 30.3 Å². The lowest BCUT2D eigenvalue weighted by Gasteiger charge is -2.18. The highest BCUT2D eigenvalue weighted by Gasteiger charge is 2.28. The van der Waals surface area contributed by atoms with Crippen molar-refractivity contribution in [1.82, 2.24) is 4.57 Å². The number of anilines is 1. The van der Waals surface area contributed by atoms with Crippen molar-refractivity contribution < 1.29 is 14.3 Å². The summed E-state index contributed by atoms with van der Waals surface area (Å²) in [6, 6.07) is 14.5. The second kappa shape index (κ2) is 13.4. The smallest absolute Gasteiger partial charge is 0.341 e. The van der Waals surface area contributed by atoms with Crippen molar-refractivity contribution in [3.63, 3.8) is 0 Å². The van der Waals surface area contributed by atoms with Crippen molar-refractivity contribution in [3.8, 4) is 11.8 Å². The minimum atomic E-state index is -0.747. The summed E-state index contributed by atoms with van der Waals surface area (Å²) in [6.07, 6.45) is 5.15. The highest BCUT2D eigenvalue weighted by atomic mass is 35.5. The number of aryl methyl sites for hydroxylation is 1. The number of rotatable bonds is 6. The molecular weight excluding hydrogens is 649 g/mol. The van der Waals surface area contributed by atoms with Gasteiger partial charge < -0.3 is 10.1 Å². The largest absolute Gasteiger partial charge is 0.462 e. The van der Waals surface area contributed by atoms with Gasteiger partial charge in [0.2, 0.25) is 0 Å². The molecule has 1 amide bonds. The molecule has 1 N–H and O–H groups in total. The fraction of sp³-hybridized carbons (Fsp3) is 0.294. The van der Waals surface area contributed by atoms with Crippen LogP contribution < -0.4 is 20.1 Å². The fourth-order valence-electron chi connectivity index (χ4n) is 5.20. The molecule has 2 heterocycles. The zero-order valence-electron chi connectivity index (χ0n) is 25.3. The number of halogens is 2. The highest BCUT2D eigenvalue weighted by Crippen LogP contribution is 2.39. The summed E-state index contributed by atoms with van der Waals surface area (Å²) in [6.45, 7) is 8.28. The fourth-order valence-corrected chi connectivity index (χ4v) is 8.06. The van der Waals surface area contributed by atoms with Crippen LogP contribution in [0.3, 0.4) is 0 Å². The normalized spacial score (nSPS) is 14.0. The van der Waals surface area contributed by atoms with E-state index in [1.165, 1.54) is 22.0 Å². The number of carbonyl (C=O) groups excluding carboxylic acids is 2.